The van der Waals surface area contributed by atoms with Crippen LogP contribution in [0.2, 0.25) is 0 Å². The molecule has 51 heavy (non-hydrogen) atoms. The quantitative estimate of drug-likeness (QED) is 0.0428. The number of likely N-dealkylation sites (tertiary alicyclic amines) is 1. The van der Waals surface area contributed by atoms with Crippen molar-refractivity contribution in [3.63, 3.8) is 0 Å². The number of aromatic amines is 1. The van der Waals surface area contributed by atoms with Crippen molar-refractivity contribution in [1.82, 2.24) is 31.3 Å². The van der Waals surface area contributed by atoms with Crippen LogP contribution in [0.1, 0.15) is 79.7 Å². The molecule has 1 aliphatic heterocycles. The zero-order valence-corrected chi connectivity index (χ0v) is 31.4. The van der Waals surface area contributed by atoms with Crippen LogP contribution in [-0.4, -0.2) is 92.5 Å². The van der Waals surface area contributed by atoms with Gasteiger partial charge in [0.1, 0.15) is 29.8 Å². The zero-order chi connectivity index (χ0) is 38.3. The number of nitrogens with one attached hydrogen (secondary N) is 5. The molecule has 5 atom stereocenters. The lowest BCUT2D eigenvalue weighted by Gasteiger charge is -2.34. The van der Waals surface area contributed by atoms with E-state index in [1.165, 1.54) is 4.90 Å². The van der Waals surface area contributed by atoms with Crippen molar-refractivity contribution < 1.29 is 33.5 Å². The van der Waals surface area contributed by atoms with Gasteiger partial charge >= 0.3 is 5.97 Å². The van der Waals surface area contributed by atoms with Crippen LogP contribution in [-0.2, 0) is 39.9 Å². The predicted octanol–water partition coefficient (Wildman–Crippen LogP) is 0.959. The van der Waals surface area contributed by atoms with Crippen LogP contribution in [0.4, 0.5) is 0 Å². The van der Waals surface area contributed by atoms with E-state index in [9.17, 15) is 28.8 Å². The molecule has 16 heteroatoms. The van der Waals surface area contributed by atoms with E-state index in [2.05, 4.69) is 39.0 Å². The van der Waals surface area contributed by atoms with Crippen molar-refractivity contribution >= 4 is 59.0 Å². The van der Waals surface area contributed by atoms with E-state index < -0.39 is 82.5 Å². The Balaban J connectivity index is 1.81. The van der Waals surface area contributed by atoms with E-state index in [1.54, 1.807) is 40.8 Å². The third-order valence-electron chi connectivity index (χ3n) is 8.43. The number of aromatic nitrogens is 1. The van der Waals surface area contributed by atoms with Crippen molar-refractivity contribution in [1.29, 1.82) is 0 Å². The van der Waals surface area contributed by atoms with E-state index in [-0.39, 0.29) is 25.3 Å². The largest absolute Gasteiger partial charge is 0.460 e. The fraction of sp³-hybridized carbons (Fsp3) is 0.600. The Morgan fingerprint density at radius 2 is 1.63 bits per heavy atom. The summed E-state index contributed by atoms with van der Waals surface area (Å²) in [6, 6.07) is 1.92. The monoisotopic (exact) mass is 730 g/mol. The number of hydrogen-bond donors (Lipinski definition) is 8. The minimum atomic E-state index is -1.39. The van der Waals surface area contributed by atoms with E-state index in [4.69, 9.17) is 16.3 Å². The molecule has 1 fully saturated rings. The maximum absolute atomic E-state index is 14.1. The molecule has 1 aromatic heterocycles. The third-order valence-corrected chi connectivity index (χ3v) is 8.69. The summed E-state index contributed by atoms with van der Waals surface area (Å²) in [7, 11) is 0. The van der Waals surface area contributed by atoms with Gasteiger partial charge in [-0.2, -0.15) is 12.6 Å². The number of carbonyl (C=O) groups is 6. The molecule has 1 saturated heterocycles. The van der Waals surface area contributed by atoms with Crippen LogP contribution in [0.5, 0.6) is 0 Å². The van der Waals surface area contributed by atoms with Crippen LogP contribution >= 0.6 is 12.6 Å². The third kappa shape index (κ3) is 11.7. The van der Waals surface area contributed by atoms with Crippen molar-refractivity contribution in [2.45, 2.75) is 121 Å². The molecular weight excluding hydrogens is 677 g/mol. The average Bonchev–Trinajstić information content (AvgIpc) is 3.68. The Kier molecular flexibility index (Phi) is 14.1. The fourth-order valence-corrected chi connectivity index (χ4v) is 6.20. The lowest BCUT2D eigenvalue weighted by Crippen LogP contribution is -2.62. The predicted molar refractivity (Wildman–Crippen MR) is 196 cm³/mol. The van der Waals surface area contributed by atoms with E-state index in [0.717, 1.165) is 16.5 Å². The van der Waals surface area contributed by atoms with Crippen LogP contribution in [0.15, 0.2) is 30.5 Å². The van der Waals surface area contributed by atoms with Gasteiger partial charge in [0.15, 0.2) is 0 Å². The molecule has 0 spiro atoms. The Hall–Kier alpha value is -4.15. The first-order valence-corrected chi connectivity index (χ1v) is 17.6. The van der Waals surface area contributed by atoms with Crippen molar-refractivity contribution in [2.24, 2.45) is 17.5 Å². The highest BCUT2D eigenvalue weighted by atomic mass is 32.1. The summed E-state index contributed by atoms with van der Waals surface area (Å²) in [5.41, 5.74) is 9.21. The number of para-hydroxylation sites is 1. The first-order chi connectivity index (χ1) is 23.7. The molecular formula is C35H54N8O7S. The second-order valence-electron chi connectivity index (χ2n) is 15.0. The minimum Gasteiger partial charge on any atom is -0.460 e. The molecule has 15 nitrogen and oxygen atoms in total. The number of hydrazine groups is 1. The number of fused-ring (bicyclic) bond motifs is 1. The van der Waals surface area contributed by atoms with Gasteiger partial charge in [-0.15, -0.1) is 0 Å². The molecule has 1 aliphatic rings. The number of H-pyrrole nitrogens is 1. The highest BCUT2D eigenvalue weighted by molar-refractivity contribution is 7.81. The highest BCUT2D eigenvalue weighted by Crippen LogP contribution is 2.24. The number of rotatable bonds is 15. The number of benzene rings is 1. The van der Waals surface area contributed by atoms with Crippen LogP contribution in [0, 0.1) is 5.92 Å². The van der Waals surface area contributed by atoms with E-state index in [0.29, 0.717) is 12.8 Å². The summed E-state index contributed by atoms with van der Waals surface area (Å²) in [5.74, 6) is 1.44. The summed E-state index contributed by atoms with van der Waals surface area (Å²) in [6.07, 6.45) is 2.44. The zero-order valence-electron chi connectivity index (χ0n) is 30.5. The number of hydrogen-bond acceptors (Lipinski definition) is 10. The molecule has 0 unspecified atom stereocenters. The number of thiol groups is 1. The number of ether oxygens (including phenoxy) is 1. The number of carbonyl (C=O) groups excluding carboxylic acids is 6. The maximum Gasteiger partial charge on any atom is 0.308 e. The second kappa shape index (κ2) is 17.4. The average molecular weight is 731 g/mol. The van der Waals surface area contributed by atoms with Crippen LogP contribution < -0.4 is 33.0 Å². The van der Waals surface area contributed by atoms with Gasteiger partial charge in [-0.3, -0.25) is 34.2 Å². The Bertz CT molecular complexity index is 1580. The van der Waals surface area contributed by atoms with Gasteiger partial charge in [0.2, 0.25) is 23.6 Å². The Morgan fingerprint density at radius 3 is 2.24 bits per heavy atom. The standard InChI is InChI=1S/C35H54N8O7S/c1-19(2)15-24(30(46)42-37)39-32(48)28(35(6,7)51)41-31(47)26-13-10-14-43(26)33(49)25(17-27(44)50-34(3,4)5)40-29(45)22(36)16-20-18-38-23-12-9-8-11-21(20)23/h8-9,11-12,18-19,22,24-26,28,38,51H,10,13-17,36-37H2,1-7H3,(H,39,48)(H,40,45)(H,41,47)(H,42,46)/t22-,24+,25-,26+,28+/m1/s1. The van der Waals surface area contributed by atoms with E-state index >= 15 is 0 Å². The molecule has 0 bridgehead atoms. The van der Waals surface area contributed by atoms with Crippen LogP contribution in [0.25, 0.3) is 10.9 Å². The summed E-state index contributed by atoms with van der Waals surface area (Å²) in [5, 5.41) is 8.94. The summed E-state index contributed by atoms with van der Waals surface area (Å²) < 4.78 is 4.37. The Morgan fingerprint density at radius 1 is 0.980 bits per heavy atom. The highest BCUT2D eigenvalue weighted by Gasteiger charge is 2.42. The normalized spacial score (nSPS) is 17.3. The topological polar surface area (TPSA) is 231 Å². The SMILES string of the molecule is CC(C)C[C@H](NC(=O)[C@H](NC(=O)[C@@H]1CCCN1C(=O)[C@@H](CC(=O)OC(C)(C)C)NC(=O)[C@H](N)Cc1c[nH]c2ccccc12)C(C)(C)S)C(=O)NN. The first kappa shape index (κ1) is 41.3. The fourth-order valence-electron chi connectivity index (χ4n) is 6.02. The van der Waals surface area contributed by atoms with Crippen molar-refractivity contribution in [2.75, 3.05) is 6.54 Å². The minimum absolute atomic E-state index is 0.0416. The molecule has 3 rings (SSSR count). The molecule has 9 N–H and O–H groups in total. The van der Waals surface area contributed by atoms with E-state index in [1.807, 2.05) is 38.1 Å². The van der Waals surface area contributed by atoms with Gasteiger partial charge < -0.3 is 36.3 Å². The van der Waals surface area contributed by atoms with Gasteiger partial charge in [-0.05, 0) is 77.8 Å². The van der Waals surface area contributed by atoms with Crippen LogP contribution in [0.3, 0.4) is 0 Å². The lowest BCUT2D eigenvalue weighted by molar-refractivity contribution is -0.157. The smallest absolute Gasteiger partial charge is 0.308 e. The van der Waals surface area contributed by atoms with Gasteiger partial charge in [0.05, 0.1) is 12.5 Å². The molecule has 0 saturated carbocycles. The second-order valence-corrected chi connectivity index (χ2v) is 16.2. The molecule has 1 aromatic carbocycles. The number of amides is 5. The molecule has 0 radical (unpaired) electrons. The first-order valence-electron chi connectivity index (χ1n) is 17.2. The number of esters is 1. The van der Waals surface area contributed by atoms with Crippen molar-refractivity contribution in [3.05, 3.63) is 36.0 Å². The number of nitrogens with zero attached hydrogens (tertiary/aromatic N) is 1. The maximum atomic E-state index is 14.1. The molecule has 5 amide bonds. The summed E-state index contributed by atoms with van der Waals surface area (Å²) in [4.78, 5) is 84.6. The van der Waals surface area contributed by atoms with Gasteiger partial charge in [0, 0.05) is 28.4 Å². The van der Waals surface area contributed by atoms with Crippen molar-refractivity contribution in [3.8, 4) is 0 Å². The molecule has 2 heterocycles. The summed E-state index contributed by atoms with van der Waals surface area (Å²) in [6.45, 7) is 12.2. The van der Waals surface area contributed by atoms with Gasteiger partial charge in [0.25, 0.3) is 5.91 Å². The number of nitrogens with two attached hydrogens (primary N) is 2. The van der Waals surface area contributed by atoms with Gasteiger partial charge in [-0.1, -0.05) is 32.0 Å². The molecule has 0 aliphatic carbocycles. The Labute approximate surface area is 304 Å². The molecule has 282 valence electrons. The van der Waals surface area contributed by atoms with Gasteiger partial charge in [-0.25, -0.2) is 5.84 Å². The lowest BCUT2D eigenvalue weighted by atomic mass is 9.98. The summed E-state index contributed by atoms with van der Waals surface area (Å²) >= 11 is 4.55. The molecule has 2 aromatic rings.